The summed E-state index contributed by atoms with van der Waals surface area (Å²) in [6.07, 6.45) is 0. The second-order valence-corrected chi connectivity index (χ2v) is 9.58. The van der Waals surface area contributed by atoms with Gasteiger partial charge in [-0.3, -0.25) is 0 Å². The zero-order chi connectivity index (χ0) is 25.9. The Hall–Kier alpha value is -4.82. The summed E-state index contributed by atoms with van der Waals surface area (Å²) in [6.45, 7) is 4.27. The number of nitrogens with zero attached hydrogens (tertiary/aromatic N) is 2. The van der Waals surface area contributed by atoms with Gasteiger partial charge in [-0.15, -0.1) is 0 Å². The molecule has 0 N–H and O–H groups in total. The Bertz CT molecular complexity index is 1650. The monoisotopic (exact) mass is 488 g/mol. The summed E-state index contributed by atoms with van der Waals surface area (Å²) in [5, 5.41) is 0. The maximum atomic E-state index is 5.22. The van der Waals surface area contributed by atoms with Gasteiger partial charge in [-0.1, -0.05) is 115 Å². The van der Waals surface area contributed by atoms with Crippen LogP contribution in [-0.2, 0) is 0 Å². The van der Waals surface area contributed by atoms with Gasteiger partial charge in [-0.25, -0.2) is 9.97 Å². The molecule has 0 radical (unpaired) electrons. The molecule has 6 rings (SSSR count). The van der Waals surface area contributed by atoms with E-state index >= 15 is 0 Å². The molecule has 2 heteroatoms. The minimum atomic E-state index is 0.725. The van der Waals surface area contributed by atoms with Crippen LogP contribution in [0, 0.1) is 13.8 Å². The van der Waals surface area contributed by atoms with E-state index in [2.05, 4.69) is 141 Å². The predicted octanol–water partition coefficient (Wildman–Crippen LogP) is 9.43. The van der Waals surface area contributed by atoms with Gasteiger partial charge in [0.25, 0.3) is 0 Å². The Balaban J connectivity index is 1.63. The highest BCUT2D eigenvalue weighted by molar-refractivity contribution is 5.82. The molecular weight excluding hydrogens is 460 g/mol. The molecule has 0 fully saturated rings. The zero-order valence-electron chi connectivity index (χ0n) is 21.6. The third kappa shape index (κ3) is 4.65. The quantitative estimate of drug-likeness (QED) is 0.241. The van der Waals surface area contributed by atoms with Crippen molar-refractivity contribution in [1.82, 2.24) is 9.97 Å². The van der Waals surface area contributed by atoms with Gasteiger partial charge < -0.3 is 0 Å². The minimum absolute atomic E-state index is 0.725. The van der Waals surface area contributed by atoms with Gasteiger partial charge in [-0.05, 0) is 59.9 Å². The molecule has 5 aromatic carbocycles. The number of aryl methyl sites for hydroxylation is 1. The van der Waals surface area contributed by atoms with Crippen molar-refractivity contribution >= 4 is 0 Å². The van der Waals surface area contributed by atoms with E-state index in [0.29, 0.717) is 0 Å². The lowest BCUT2D eigenvalue weighted by molar-refractivity contribution is 1.14. The minimum Gasteiger partial charge on any atom is -0.228 e. The fourth-order valence-corrected chi connectivity index (χ4v) is 4.97. The van der Waals surface area contributed by atoms with Crippen molar-refractivity contribution < 1.29 is 0 Å². The van der Waals surface area contributed by atoms with Gasteiger partial charge in [0.15, 0.2) is 5.82 Å². The van der Waals surface area contributed by atoms with Crippen LogP contribution in [-0.4, -0.2) is 9.97 Å². The Morgan fingerprint density at radius 1 is 0.395 bits per heavy atom. The normalized spacial score (nSPS) is 10.9. The number of benzene rings is 5. The van der Waals surface area contributed by atoms with Gasteiger partial charge in [-0.2, -0.15) is 0 Å². The van der Waals surface area contributed by atoms with E-state index in [0.717, 1.165) is 50.6 Å². The lowest BCUT2D eigenvalue weighted by Gasteiger charge is -2.16. The van der Waals surface area contributed by atoms with Crippen LogP contribution in [0.3, 0.4) is 0 Å². The summed E-state index contributed by atoms with van der Waals surface area (Å²) < 4.78 is 0. The van der Waals surface area contributed by atoms with Crippen LogP contribution >= 0.6 is 0 Å². The van der Waals surface area contributed by atoms with E-state index in [9.17, 15) is 0 Å². The molecule has 0 spiro atoms. The second-order valence-electron chi connectivity index (χ2n) is 9.58. The topological polar surface area (TPSA) is 25.8 Å². The first-order valence-corrected chi connectivity index (χ1v) is 12.9. The first kappa shape index (κ1) is 23.6. The molecule has 182 valence electrons. The molecule has 0 aliphatic carbocycles. The van der Waals surface area contributed by atoms with Crippen LogP contribution in [0.1, 0.15) is 11.1 Å². The lowest BCUT2D eigenvalue weighted by atomic mass is 9.95. The molecule has 0 amide bonds. The first-order chi connectivity index (χ1) is 18.7. The van der Waals surface area contributed by atoms with Gasteiger partial charge in [0, 0.05) is 22.3 Å². The van der Waals surface area contributed by atoms with Gasteiger partial charge in [0.1, 0.15) is 0 Å². The van der Waals surface area contributed by atoms with Gasteiger partial charge in [0.05, 0.1) is 11.4 Å². The average Bonchev–Trinajstić information content (AvgIpc) is 2.99. The van der Waals surface area contributed by atoms with Crippen molar-refractivity contribution in [2.45, 2.75) is 13.8 Å². The third-order valence-electron chi connectivity index (χ3n) is 7.00. The molecule has 0 atom stereocenters. The zero-order valence-corrected chi connectivity index (χ0v) is 21.6. The second kappa shape index (κ2) is 10.3. The number of aromatic nitrogens is 2. The van der Waals surface area contributed by atoms with Crippen LogP contribution in [0.2, 0.25) is 0 Å². The lowest BCUT2D eigenvalue weighted by Crippen LogP contribution is -2.01. The van der Waals surface area contributed by atoms with Crippen LogP contribution in [0.15, 0.2) is 133 Å². The van der Waals surface area contributed by atoms with Crippen LogP contribution < -0.4 is 0 Å². The van der Waals surface area contributed by atoms with Crippen molar-refractivity contribution in [2.24, 2.45) is 0 Å². The predicted molar refractivity (Wildman–Crippen MR) is 159 cm³/mol. The molecule has 38 heavy (non-hydrogen) atoms. The Kier molecular flexibility index (Phi) is 6.37. The maximum absolute atomic E-state index is 5.22. The molecule has 0 unspecified atom stereocenters. The SMILES string of the molecule is Cc1ccccc1-c1nc(-c2cc(-c3ccccc3)cc(-c3ccccc3)c2)nc(-c2ccccc2)c1C. The van der Waals surface area contributed by atoms with Gasteiger partial charge >= 0.3 is 0 Å². The molecule has 0 saturated carbocycles. The molecule has 1 heterocycles. The molecular formula is C36H28N2. The highest BCUT2D eigenvalue weighted by atomic mass is 14.9. The summed E-state index contributed by atoms with van der Waals surface area (Å²) in [5.41, 5.74) is 12.0. The number of rotatable bonds is 5. The number of hydrogen-bond donors (Lipinski definition) is 0. The standard InChI is InChI=1S/C36H28N2/c1-25-14-12-13-21-33(25)35-26(2)34(29-19-10-5-11-20-29)37-36(38-35)32-23-30(27-15-6-3-7-16-27)22-31(24-32)28-17-8-4-9-18-28/h3-24H,1-2H3. The third-order valence-corrected chi connectivity index (χ3v) is 7.00. The summed E-state index contributed by atoms with van der Waals surface area (Å²) in [6, 6.07) is 46.6. The Labute approximate surface area is 224 Å². The van der Waals surface area contributed by atoms with Crippen molar-refractivity contribution in [2.75, 3.05) is 0 Å². The molecule has 1 aromatic heterocycles. The molecule has 2 nitrogen and oxygen atoms in total. The molecule has 6 aromatic rings. The average molecular weight is 489 g/mol. The Morgan fingerprint density at radius 3 is 1.39 bits per heavy atom. The summed E-state index contributed by atoms with van der Waals surface area (Å²) >= 11 is 0. The molecule has 0 aliphatic heterocycles. The van der Waals surface area contributed by atoms with Gasteiger partial charge in [0.2, 0.25) is 0 Å². The fourth-order valence-electron chi connectivity index (χ4n) is 4.97. The smallest absolute Gasteiger partial charge is 0.160 e. The largest absolute Gasteiger partial charge is 0.228 e. The molecule has 0 aliphatic rings. The van der Waals surface area contributed by atoms with E-state index in [4.69, 9.17) is 9.97 Å². The Morgan fingerprint density at radius 2 is 0.842 bits per heavy atom. The van der Waals surface area contributed by atoms with E-state index in [1.807, 2.05) is 6.07 Å². The first-order valence-electron chi connectivity index (χ1n) is 12.9. The molecule has 0 bridgehead atoms. The summed E-state index contributed by atoms with van der Waals surface area (Å²) in [5.74, 6) is 0.725. The van der Waals surface area contributed by atoms with Crippen LogP contribution in [0.25, 0.3) is 56.2 Å². The van der Waals surface area contributed by atoms with E-state index in [1.54, 1.807) is 0 Å². The van der Waals surface area contributed by atoms with Crippen molar-refractivity contribution in [3.63, 3.8) is 0 Å². The van der Waals surface area contributed by atoms with Crippen molar-refractivity contribution in [1.29, 1.82) is 0 Å². The fraction of sp³-hybridized carbons (Fsp3) is 0.0556. The highest BCUT2D eigenvalue weighted by Gasteiger charge is 2.17. The molecule has 0 saturated heterocycles. The van der Waals surface area contributed by atoms with Crippen LogP contribution in [0.4, 0.5) is 0 Å². The van der Waals surface area contributed by atoms with Crippen molar-refractivity contribution in [3.8, 4) is 56.2 Å². The van der Waals surface area contributed by atoms with E-state index in [-0.39, 0.29) is 0 Å². The maximum Gasteiger partial charge on any atom is 0.160 e. The summed E-state index contributed by atoms with van der Waals surface area (Å²) in [7, 11) is 0. The van der Waals surface area contributed by atoms with Crippen molar-refractivity contribution in [3.05, 3.63) is 145 Å². The summed E-state index contributed by atoms with van der Waals surface area (Å²) in [4.78, 5) is 10.4. The number of hydrogen-bond acceptors (Lipinski definition) is 2. The van der Waals surface area contributed by atoms with E-state index < -0.39 is 0 Å². The highest BCUT2D eigenvalue weighted by Crippen LogP contribution is 2.36. The van der Waals surface area contributed by atoms with E-state index in [1.165, 1.54) is 16.7 Å². The van der Waals surface area contributed by atoms with Crippen LogP contribution in [0.5, 0.6) is 0 Å².